The van der Waals surface area contributed by atoms with Gasteiger partial charge in [0.05, 0.1) is 32.4 Å². The van der Waals surface area contributed by atoms with Crippen molar-refractivity contribution in [2.45, 2.75) is 12.5 Å². The molecule has 1 amide bonds. The number of nitrogens with one attached hydrogen (secondary N) is 1. The summed E-state index contributed by atoms with van der Waals surface area (Å²) in [5, 5.41) is 3.11. The largest absolute Gasteiger partial charge is 0.493 e. The van der Waals surface area contributed by atoms with Crippen LogP contribution in [0.1, 0.15) is 5.56 Å². The van der Waals surface area contributed by atoms with Gasteiger partial charge in [-0.1, -0.05) is 18.2 Å². The van der Waals surface area contributed by atoms with E-state index in [2.05, 4.69) is 43.3 Å². The van der Waals surface area contributed by atoms with E-state index in [0.717, 1.165) is 18.9 Å². The number of para-hydroxylation sites is 1. The van der Waals surface area contributed by atoms with Gasteiger partial charge in [-0.25, -0.2) is 4.98 Å². The van der Waals surface area contributed by atoms with Gasteiger partial charge in [-0.2, -0.15) is 0 Å². The van der Waals surface area contributed by atoms with Crippen LogP contribution >= 0.6 is 0 Å². The highest BCUT2D eigenvalue weighted by molar-refractivity contribution is 5.94. The predicted molar refractivity (Wildman–Crippen MR) is 127 cm³/mol. The van der Waals surface area contributed by atoms with Gasteiger partial charge in [0.25, 0.3) is 0 Å². The first-order chi connectivity index (χ1) is 16.2. The fourth-order valence-corrected chi connectivity index (χ4v) is 4.87. The van der Waals surface area contributed by atoms with E-state index in [9.17, 15) is 4.79 Å². The van der Waals surface area contributed by atoms with Gasteiger partial charge in [0.15, 0.2) is 11.5 Å². The Labute approximate surface area is 193 Å². The molecule has 0 saturated carbocycles. The van der Waals surface area contributed by atoms with E-state index in [-0.39, 0.29) is 17.9 Å². The van der Waals surface area contributed by atoms with Gasteiger partial charge in [-0.05, 0) is 30.2 Å². The molecule has 5 rings (SSSR count). The van der Waals surface area contributed by atoms with E-state index in [0.29, 0.717) is 30.2 Å². The van der Waals surface area contributed by atoms with Crippen LogP contribution in [0.4, 0.5) is 17.2 Å². The van der Waals surface area contributed by atoms with Crippen molar-refractivity contribution in [1.29, 1.82) is 0 Å². The van der Waals surface area contributed by atoms with Crippen LogP contribution in [0.5, 0.6) is 11.5 Å². The quantitative estimate of drug-likeness (QED) is 0.647. The number of benzene rings is 2. The average molecular weight is 446 g/mol. The Balaban J connectivity index is 1.43. The normalized spacial score (nSPS) is 19.3. The molecule has 1 N–H and O–H groups in total. The number of rotatable bonds is 5. The molecule has 0 spiro atoms. The highest BCUT2D eigenvalue weighted by Gasteiger charge is 2.41. The summed E-state index contributed by atoms with van der Waals surface area (Å²) in [5.41, 5.74) is 3.11. The molecule has 3 heterocycles. The SMILES string of the molecule is COc1ccc(NC(=O)[C@H]2Cc3ccccc3N3CCN(c4cnccn4)C[C@H]23)cc1OC. The molecule has 33 heavy (non-hydrogen) atoms. The summed E-state index contributed by atoms with van der Waals surface area (Å²) in [7, 11) is 3.18. The molecular formula is C25H27N5O3. The molecule has 2 atom stereocenters. The van der Waals surface area contributed by atoms with E-state index in [4.69, 9.17) is 9.47 Å². The first kappa shape index (κ1) is 21.1. The third kappa shape index (κ3) is 4.04. The fourth-order valence-electron chi connectivity index (χ4n) is 4.87. The van der Waals surface area contributed by atoms with Crippen molar-refractivity contribution in [2.24, 2.45) is 5.92 Å². The molecule has 170 valence electrons. The second-order valence-corrected chi connectivity index (χ2v) is 8.27. The van der Waals surface area contributed by atoms with E-state index in [1.165, 1.54) is 11.3 Å². The van der Waals surface area contributed by atoms with Gasteiger partial charge in [0, 0.05) is 49.5 Å². The molecule has 1 aromatic heterocycles. The zero-order chi connectivity index (χ0) is 22.8. The lowest BCUT2D eigenvalue weighted by molar-refractivity contribution is -0.120. The van der Waals surface area contributed by atoms with Crippen LogP contribution in [-0.4, -0.2) is 55.8 Å². The number of piperazine rings is 1. The number of methoxy groups -OCH3 is 2. The molecule has 0 unspecified atom stereocenters. The number of hydrogen-bond acceptors (Lipinski definition) is 7. The summed E-state index contributed by atoms with van der Waals surface area (Å²) in [5.74, 6) is 1.83. The number of carbonyl (C=O) groups is 1. The monoisotopic (exact) mass is 445 g/mol. The minimum Gasteiger partial charge on any atom is -0.493 e. The van der Waals surface area contributed by atoms with Gasteiger partial charge in [0.2, 0.25) is 5.91 Å². The van der Waals surface area contributed by atoms with Gasteiger partial charge >= 0.3 is 0 Å². The second-order valence-electron chi connectivity index (χ2n) is 8.27. The molecule has 3 aromatic rings. The zero-order valence-corrected chi connectivity index (χ0v) is 18.8. The first-order valence-corrected chi connectivity index (χ1v) is 11.1. The second kappa shape index (κ2) is 8.97. The number of amides is 1. The van der Waals surface area contributed by atoms with Crippen molar-refractivity contribution in [3.63, 3.8) is 0 Å². The minimum absolute atomic E-state index is 0.00674. The number of nitrogens with zero attached hydrogens (tertiary/aromatic N) is 4. The number of fused-ring (bicyclic) bond motifs is 3. The van der Waals surface area contributed by atoms with Crippen molar-refractivity contribution >= 4 is 23.1 Å². The molecule has 2 aliphatic heterocycles. The lowest BCUT2D eigenvalue weighted by Crippen LogP contribution is -2.60. The highest BCUT2D eigenvalue weighted by atomic mass is 16.5. The summed E-state index contributed by atoms with van der Waals surface area (Å²) in [4.78, 5) is 26.9. The standard InChI is InChI=1S/C25H27N5O3/c1-32-22-8-7-18(14-23(22)33-2)28-25(31)19-13-17-5-3-4-6-20(17)30-12-11-29(16-21(19)30)24-15-26-9-10-27-24/h3-10,14-15,19,21H,11-13,16H2,1-2H3,(H,28,31)/t19-,21+/m0/s1. The zero-order valence-electron chi connectivity index (χ0n) is 18.8. The summed E-state index contributed by atoms with van der Waals surface area (Å²) < 4.78 is 10.7. The van der Waals surface area contributed by atoms with Crippen molar-refractivity contribution in [3.05, 3.63) is 66.6 Å². The Morgan fingerprint density at radius 3 is 2.70 bits per heavy atom. The topological polar surface area (TPSA) is 79.8 Å². The van der Waals surface area contributed by atoms with Crippen LogP contribution in [0, 0.1) is 5.92 Å². The van der Waals surface area contributed by atoms with E-state index >= 15 is 0 Å². The number of carbonyl (C=O) groups excluding carboxylic acids is 1. The van der Waals surface area contributed by atoms with Gasteiger partial charge in [-0.3, -0.25) is 9.78 Å². The molecule has 0 bridgehead atoms. The molecule has 2 aliphatic rings. The van der Waals surface area contributed by atoms with E-state index in [1.807, 2.05) is 12.1 Å². The third-order valence-corrected chi connectivity index (χ3v) is 6.49. The van der Waals surface area contributed by atoms with Crippen LogP contribution < -0.4 is 24.6 Å². The molecular weight excluding hydrogens is 418 g/mol. The first-order valence-electron chi connectivity index (χ1n) is 11.1. The van der Waals surface area contributed by atoms with Crippen molar-refractivity contribution in [3.8, 4) is 11.5 Å². The Hall–Kier alpha value is -3.81. The molecule has 1 fully saturated rings. The van der Waals surface area contributed by atoms with Crippen LogP contribution in [0.15, 0.2) is 61.1 Å². The number of anilines is 3. The van der Waals surface area contributed by atoms with Crippen LogP contribution in [0.2, 0.25) is 0 Å². The van der Waals surface area contributed by atoms with Gasteiger partial charge in [-0.15, -0.1) is 0 Å². The maximum atomic E-state index is 13.6. The Kier molecular flexibility index (Phi) is 5.73. The summed E-state index contributed by atoms with van der Waals surface area (Å²) in [6.07, 6.45) is 5.85. The minimum atomic E-state index is -0.215. The van der Waals surface area contributed by atoms with Gasteiger partial charge < -0.3 is 24.6 Å². The Morgan fingerprint density at radius 2 is 1.91 bits per heavy atom. The average Bonchev–Trinajstić information content (AvgIpc) is 2.88. The molecule has 0 aliphatic carbocycles. The lowest BCUT2D eigenvalue weighted by atomic mass is 9.83. The smallest absolute Gasteiger partial charge is 0.229 e. The van der Waals surface area contributed by atoms with Crippen LogP contribution in [0.3, 0.4) is 0 Å². The Morgan fingerprint density at radius 1 is 1.06 bits per heavy atom. The maximum Gasteiger partial charge on any atom is 0.229 e. The summed E-state index contributed by atoms with van der Waals surface area (Å²) in [6.45, 7) is 2.35. The van der Waals surface area contributed by atoms with Crippen molar-refractivity contribution < 1.29 is 14.3 Å². The van der Waals surface area contributed by atoms with Gasteiger partial charge in [0.1, 0.15) is 5.82 Å². The Bertz CT molecular complexity index is 1140. The molecule has 0 radical (unpaired) electrons. The lowest BCUT2D eigenvalue weighted by Gasteiger charge is -2.49. The predicted octanol–water partition coefficient (Wildman–Crippen LogP) is 3.00. The molecule has 1 saturated heterocycles. The highest BCUT2D eigenvalue weighted by Crippen LogP contribution is 2.37. The fraction of sp³-hybridized carbons (Fsp3) is 0.320. The van der Waals surface area contributed by atoms with E-state index < -0.39 is 0 Å². The molecule has 8 nitrogen and oxygen atoms in total. The number of hydrogen-bond donors (Lipinski definition) is 1. The van der Waals surface area contributed by atoms with Crippen molar-refractivity contribution in [2.75, 3.05) is 49.0 Å². The van der Waals surface area contributed by atoms with Crippen LogP contribution in [-0.2, 0) is 11.2 Å². The number of aromatic nitrogens is 2. The maximum absolute atomic E-state index is 13.6. The molecule has 8 heteroatoms. The summed E-state index contributed by atoms with van der Waals surface area (Å²) in [6, 6.07) is 13.8. The van der Waals surface area contributed by atoms with Crippen molar-refractivity contribution in [1.82, 2.24) is 9.97 Å². The van der Waals surface area contributed by atoms with E-state index in [1.54, 1.807) is 44.9 Å². The summed E-state index contributed by atoms with van der Waals surface area (Å²) >= 11 is 0. The molecule has 2 aromatic carbocycles. The van der Waals surface area contributed by atoms with Crippen LogP contribution in [0.25, 0.3) is 0 Å². The third-order valence-electron chi connectivity index (χ3n) is 6.49. The number of ether oxygens (including phenoxy) is 2.